The normalized spacial score (nSPS) is 16.7. The van der Waals surface area contributed by atoms with Crippen LogP contribution < -0.4 is 9.47 Å². The second kappa shape index (κ2) is 9.85. The van der Waals surface area contributed by atoms with Crippen LogP contribution in [0.4, 0.5) is 5.69 Å². The minimum atomic E-state index is -0.0308. The Balaban J connectivity index is 1.93. The number of thioether (sulfide) groups is 1. The van der Waals surface area contributed by atoms with Gasteiger partial charge in [0.25, 0.3) is 5.91 Å². The van der Waals surface area contributed by atoms with Crippen molar-refractivity contribution in [2.24, 2.45) is 4.99 Å². The van der Waals surface area contributed by atoms with Crippen molar-refractivity contribution >= 4 is 34.6 Å². The van der Waals surface area contributed by atoms with Crippen LogP contribution >= 0.6 is 11.8 Å². The van der Waals surface area contributed by atoms with Crippen molar-refractivity contribution in [1.29, 1.82) is 0 Å². The van der Waals surface area contributed by atoms with E-state index < -0.39 is 0 Å². The molecule has 0 unspecified atom stereocenters. The van der Waals surface area contributed by atoms with Crippen LogP contribution in [-0.4, -0.2) is 35.7 Å². The van der Waals surface area contributed by atoms with Crippen molar-refractivity contribution in [1.82, 2.24) is 4.90 Å². The maximum atomic E-state index is 13.0. The second-order valence-corrected chi connectivity index (χ2v) is 8.12. The number of methoxy groups -OCH3 is 1. The Morgan fingerprint density at radius 1 is 1.13 bits per heavy atom. The van der Waals surface area contributed by atoms with E-state index in [1.807, 2.05) is 63.2 Å². The summed E-state index contributed by atoms with van der Waals surface area (Å²) in [4.78, 5) is 20.1. The van der Waals surface area contributed by atoms with Crippen molar-refractivity contribution in [3.8, 4) is 11.5 Å². The van der Waals surface area contributed by atoms with E-state index in [1.54, 1.807) is 12.0 Å². The van der Waals surface area contributed by atoms with Crippen LogP contribution in [0.15, 0.2) is 52.4 Å². The molecule has 3 rings (SSSR count). The number of carbonyl (C=O) groups excluding carboxylic acids is 1. The largest absolute Gasteiger partial charge is 0.493 e. The van der Waals surface area contributed by atoms with E-state index in [2.05, 4.69) is 13.0 Å². The Labute approximate surface area is 182 Å². The number of amides is 1. The molecule has 1 aliphatic heterocycles. The molecule has 0 bridgehead atoms. The Kier molecular flexibility index (Phi) is 7.21. The average Bonchev–Trinajstić information content (AvgIpc) is 3.03. The molecule has 2 aromatic carbocycles. The van der Waals surface area contributed by atoms with Gasteiger partial charge in [0.15, 0.2) is 16.7 Å². The van der Waals surface area contributed by atoms with Gasteiger partial charge in [-0.25, -0.2) is 4.99 Å². The number of ether oxygens (including phenoxy) is 2. The number of carbonyl (C=O) groups is 1. The lowest BCUT2D eigenvalue weighted by Gasteiger charge is -2.14. The summed E-state index contributed by atoms with van der Waals surface area (Å²) >= 11 is 1.40. The monoisotopic (exact) mass is 424 g/mol. The van der Waals surface area contributed by atoms with E-state index in [0.29, 0.717) is 28.1 Å². The van der Waals surface area contributed by atoms with Gasteiger partial charge in [0, 0.05) is 6.54 Å². The molecule has 2 aromatic rings. The number of amidine groups is 1. The topological polar surface area (TPSA) is 51.1 Å². The number of rotatable bonds is 7. The Bertz CT molecular complexity index is 982. The van der Waals surface area contributed by atoms with Gasteiger partial charge in [-0.15, -0.1) is 0 Å². The highest BCUT2D eigenvalue weighted by molar-refractivity contribution is 8.18. The van der Waals surface area contributed by atoms with Crippen molar-refractivity contribution in [3.63, 3.8) is 0 Å². The first-order chi connectivity index (χ1) is 14.5. The molecule has 0 aromatic heterocycles. The number of hydrogen-bond donors (Lipinski definition) is 0. The van der Waals surface area contributed by atoms with Crippen LogP contribution in [0.3, 0.4) is 0 Å². The Hall–Kier alpha value is -2.73. The zero-order chi connectivity index (χ0) is 21.7. The molecule has 30 heavy (non-hydrogen) atoms. The molecule has 1 heterocycles. The molecule has 158 valence electrons. The number of benzene rings is 2. The summed E-state index contributed by atoms with van der Waals surface area (Å²) in [6.07, 6.45) is 2.83. The van der Waals surface area contributed by atoms with Gasteiger partial charge in [0.2, 0.25) is 0 Å². The maximum Gasteiger partial charge on any atom is 0.266 e. The lowest BCUT2D eigenvalue weighted by molar-refractivity contribution is -0.122. The highest BCUT2D eigenvalue weighted by Crippen LogP contribution is 2.36. The molecule has 1 fully saturated rings. The number of aryl methyl sites for hydroxylation is 1. The minimum absolute atomic E-state index is 0.0308. The van der Waals surface area contributed by atoms with Gasteiger partial charge in [-0.2, -0.15) is 0 Å². The van der Waals surface area contributed by atoms with Crippen molar-refractivity contribution in [2.45, 2.75) is 40.2 Å². The first-order valence-corrected chi connectivity index (χ1v) is 11.0. The fourth-order valence-electron chi connectivity index (χ4n) is 3.17. The van der Waals surface area contributed by atoms with Crippen molar-refractivity contribution < 1.29 is 14.3 Å². The van der Waals surface area contributed by atoms with Gasteiger partial charge < -0.3 is 9.47 Å². The van der Waals surface area contributed by atoms with E-state index in [9.17, 15) is 4.79 Å². The third-order valence-corrected chi connectivity index (χ3v) is 5.65. The lowest BCUT2D eigenvalue weighted by Crippen LogP contribution is -2.28. The third-order valence-electron chi connectivity index (χ3n) is 4.64. The van der Waals surface area contributed by atoms with E-state index in [-0.39, 0.29) is 12.0 Å². The first-order valence-electron chi connectivity index (χ1n) is 10.2. The lowest BCUT2D eigenvalue weighted by atomic mass is 10.1. The molecule has 0 N–H and O–H groups in total. The number of nitrogens with zero attached hydrogens (tertiary/aromatic N) is 2. The van der Waals surface area contributed by atoms with Crippen LogP contribution in [0, 0.1) is 0 Å². The van der Waals surface area contributed by atoms with E-state index >= 15 is 0 Å². The van der Waals surface area contributed by atoms with Gasteiger partial charge in [-0.1, -0.05) is 31.2 Å². The fraction of sp³-hybridized carbons (Fsp3) is 0.333. The number of hydrogen-bond acceptors (Lipinski definition) is 5. The van der Waals surface area contributed by atoms with Gasteiger partial charge in [0.1, 0.15) is 0 Å². The standard InChI is InChI=1S/C24H28N2O3S/c1-6-18-10-8-9-11-19(18)25-24-26(7-2)23(27)22(30-24)15-17-12-13-20(29-16(3)4)21(14-17)28-5/h8-16H,6-7H2,1-5H3/b22-15+,25-24?. The zero-order valence-electron chi connectivity index (χ0n) is 18.1. The van der Waals surface area contributed by atoms with Gasteiger partial charge in [-0.05, 0) is 74.4 Å². The van der Waals surface area contributed by atoms with Gasteiger partial charge in [-0.3, -0.25) is 9.69 Å². The average molecular weight is 425 g/mol. The van der Waals surface area contributed by atoms with Gasteiger partial charge >= 0.3 is 0 Å². The van der Waals surface area contributed by atoms with Crippen LogP contribution in [0.5, 0.6) is 11.5 Å². The zero-order valence-corrected chi connectivity index (χ0v) is 19.0. The van der Waals surface area contributed by atoms with Gasteiger partial charge in [0.05, 0.1) is 23.8 Å². The summed E-state index contributed by atoms with van der Waals surface area (Å²) in [6, 6.07) is 13.7. The smallest absolute Gasteiger partial charge is 0.266 e. The quantitative estimate of drug-likeness (QED) is 0.538. The highest BCUT2D eigenvalue weighted by atomic mass is 32.2. The van der Waals surface area contributed by atoms with E-state index in [1.165, 1.54) is 11.8 Å². The summed E-state index contributed by atoms with van der Waals surface area (Å²) in [5.74, 6) is 1.30. The van der Waals surface area contributed by atoms with E-state index in [4.69, 9.17) is 14.5 Å². The first kappa shape index (κ1) is 22.0. The maximum absolute atomic E-state index is 13.0. The SMILES string of the molecule is CCc1ccccc1N=C1S/C(=C/c2ccc(OC(C)C)c(OC)c2)C(=O)N1CC. The van der Waals surface area contributed by atoms with E-state index in [0.717, 1.165) is 23.2 Å². The van der Waals surface area contributed by atoms with Crippen LogP contribution in [0.2, 0.25) is 0 Å². The number of aliphatic imine (C=N–C) groups is 1. The second-order valence-electron chi connectivity index (χ2n) is 7.11. The molecular weight excluding hydrogens is 396 g/mol. The van der Waals surface area contributed by atoms with Crippen molar-refractivity contribution in [2.75, 3.05) is 13.7 Å². The molecule has 0 aliphatic carbocycles. The molecule has 5 nitrogen and oxygen atoms in total. The number of para-hydroxylation sites is 1. The molecule has 0 saturated carbocycles. The molecule has 1 amide bonds. The number of likely N-dealkylation sites (N-methyl/N-ethyl adjacent to an activating group) is 1. The summed E-state index contributed by atoms with van der Waals surface area (Å²) in [7, 11) is 1.61. The summed E-state index contributed by atoms with van der Waals surface area (Å²) in [6.45, 7) is 8.58. The molecule has 1 saturated heterocycles. The molecule has 0 atom stereocenters. The molecule has 6 heteroatoms. The van der Waals surface area contributed by atoms with Crippen molar-refractivity contribution in [3.05, 3.63) is 58.5 Å². The third kappa shape index (κ3) is 4.87. The molecule has 1 aliphatic rings. The van der Waals surface area contributed by atoms with Crippen LogP contribution in [0.1, 0.15) is 38.8 Å². The fourth-order valence-corrected chi connectivity index (χ4v) is 4.22. The summed E-state index contributed by atoms with van der Waals surface area (Å²) in [5.41, 5.74) is 2.95. The minimum Gasteiger partial charge on any atom is -0.493 e. The summed E-state index contributed by atoms with van der Waals surface area (Å²) < 4.78 is 11.2. The molecular formula is C24H28N2O3S. The highest BCUT2D eigenvalue weighted by Gasteiger charge is 2.32. The van der Waals surface area contributed by atoms with Crippen LogP contribution in [-0.2, 0) is 11.2 Å². The Morgan fingerprint density at radius 3 is 2.57 bits per heavy atom. The molecule has 0 radical (unpaired) electrons. The Morgan fingerprint density at radius 2 is 1.90 bits per heavy atom. The predicted molar refractivity (Wildman–Crippen MR) is 125 cm³/mol. The molecule has 0 spiro atoms. The summed E-state index contributed by atoms with van der Waals surface area (Å²) in [5, 5.41) is 0.710. The van der Waals surface area contributed by atoms with Crippen LogP contribution in [0.25, 0.3) is 6.08 Å². The predicted octanol–water partition coefficient (Wildman–Crippen LogP) is 5.67.